The molecule has 0 aromatic heterocycles. The molecule has 0 saturated carbocycles. The lowest BCUT2D eigenvalue weighted by molar-refractivity contribution is 0.0525. The highest BCUT2D eigenvalue weighted by atomic mass is 16.5. The normalized spacial score (nSPS) is 19.3. The van der Waals surface area contributed by atoms with Crippen molar-refractivity contribution in [3.8, 4) is 5.75 Å². The Kier molecular flexibility index (Phi) is 4.59. The van der Waals surface area contributed by atoms with E-state index in [-0.39, 0.29) is 12.1 Å². The zero-order chi connectivity index (χ0) is 12.8. The number of carbonyl (C=O) groups is 1. The van der Waals surface area contributed by atoms with Crippen LogP contribution in [-0.2, 0) is 4.74 Å². The Hall–Kier alpha value is -1.55. The molecular weight excluding hydrogens is 230 g/mol. The Morgan fingerprint density at radius 2 is 2.39 bits per heavy atom. The first-order chi connectivity index (χ1) is 8.79. The Bertz CT molecular complexity index is 400. The zero-order valence-electron chi connectivity index (χ0n) is 10.6. The van der Waals surface area contributed by atoms with E-state index in [1.54, 1.807) is 19.1 Å². The molecule has 0 bridgehead atoms. The molecule has 1 fully saturated rings. The van der Waals surface area contributed by atoms with Crippen LogP contribution in [0, 0.1) is 0 Å². The third-order valence-corrected chi connectivity index (χ3v) is 2.90. The molecule has 98 valence electrons. The largest absolute Gasteiger partial charge is 0.489 e. The number of rotatable bonds is 4. The first-order valence-corrected chi connectivity index (χ1v) is 6.44. The van der Waals surface area contributed by atoms with Gasteiger partial charge in [-0.3, -0.25) is 0 Å². The molecule has 1 saturated heterocycles. The summed E-state index contributed by atoms with van der Waals surface area (Å²) in [6.07, 6.45) is 2.37. The summed E-state index contributed by atoms with van der Waals surface area (Å²) in [5.74, 6) is 0.430. The number of ether oxygens (including phenoxy) is 2. The number of carbonyl (C=O) groups excluding carboxylic acids is 1. The van der Waals surface area contributed by atoms with Crippen LogP contribution in [0.1, 0.15) is 30.1 Å². The molecule has 4 heteroatoms. The summed E-state index contributed by atoms with van der Waals surface area (Å²) in [6.45, 7) is 4.11. The first-order valence-electron chi connectivity index (χ1n) is 6.44. The van der Waals surface area contributed by atoms with Crippen molar-refractivity contribution in [2.45, 2.75) is 25.9 Å². The molecule has 1 heterocycles. The highest BCUT2D eigenvalue weighted by Gasteiger charge is 2.15. The van der Waals surface area contributed by atoms with E-state index in [9.17, 15) is 4.79 Å². The Morgan fingerprint density at radius 1 is 1.50 bits per heavy atom. The highest BCUT2D eigenvalue weighted by Crippen LogP contribution is 2.18. The molecule has 0 radical (unpaired) electrons. The van der Waals surface area contributed by atoms with E-state index < -0.39 is 0 Å². The van der Waals surface area contributed by atoms with E-state index in [1.807, 2.05) is 12.1 Å². The molecule has 0 amide bonds. The molecule has 18 heavy (non-hydrogen) atoms. The molecule has 4 nitrogen and oxygen atoms in total. The van der Waals surface area contributed by atoms with Crippen LogP contribution in [0.25, 0.3) is 0 Å². The predicted octanol–water partition coefficient (Wildman–Crippen LogP) is 1.99. The van der Waals surface area contributed by atoms with Crippen molar-refractivity contribution in [3.05, 3.63) is 29.8 Å². The average Bonchev–Trinajstić information content (AvgIpc) is 2.40. The molecule has 2 rings (SSSR count). The third-order valence-electron chi connectivity index (χ3n) is 2.90. The smallest absolute Gasteiger partial charge is 0.338 e. The average molecular weight is 249 g/mol. The maximum absolute atomic E-state index is 11.6. The van der Waals surface area contributed by atoms with Gasteiger partial charge < -0.3 is 14.8 Å². The minimum absolute atomic E-state index is 0.191. The maximum atomic E-state index is 11.6. The van der Waals surface area contributed by atoms with Crippen molar-refractivity contribution in [2.24, 2.45) is 0 Å². The topological polar surface area (TPSA) is 47.6 Å². The van der Waals surface area contributed by atoms with E-state index in [0.29, 0.717) is 12.2 Å². The summed E-state index contributed by atoms with van der Waals surface area (Å²) in [5.41, 5.74) is 0.540. The van der Waals surface area contributed by atoms with Gasteiger partial charge in [0.2, 0.25) is 0 Å². The summed E-state index contributed by atoms with van der Waals surface area (Å²) in [4.78, 5) is 11.6. The van der Waals surface area contributed by atoms with Gasteiger partial charge in [0.15, 0.2) is 0 Å². The van der Waals surface area contributed by atoms with Crippen molar-refractivity contribution in [1.82, 2.24) is 5.32 Å². The quantitative estimate of drug-likeness (QED) is 0.829. The maximum Gasteiger partial charge on any atom is 0.338 e. The van der Waals surface area contributed by atoms with Crippen molar-refractivity contribution in [1.29, 1.82) is 0 Å². The minimum atomic E-state index is -0.301. The number of nitrogens with one attached hydrogen (secondary N) is 1. The van der Waals surface area contributed by atoms with Crippen molar-refractivity contribution in [2.75, 3.05) is 19.7 Å². The van der Waals surface area contributed by atoms with Crippen LogP contribution in [0.2, 0.25) is 0 Å². The fraction of sp³-hybridized carbons (Fsp3) is 0.500. The molecule has 1 N–H and O–H groups in total. The summed E-state index contributed by atoms with van der Waals surface area (Å²) < 4.78 is 10.8. The van der Waals surface area contributed by atoms with Gasteiger partial charge >= 0.3 is 5.97 Å². The van der Waals surface area contributed by atoms with E-state index in [0.717, 1.165) is 31.7 Å². The van der Waals surface area contributed by atoms with Crippen molar-refractivity contribution < 1.29 is 14.3 Å². The van der Waals surface area contributed by atoms with E-state index in [2.05, 4.69) is 5.32 Å². The fourth-order valence-corrected chi connectivity index (χ4v) is 2.02. The van der Waals surface area contributed by atoms with Gasteiger partial charge in [0.05, 0.1) is 12.2 Å². The van der Waals surface area contributed by atoms with Gasteiger partial charge in [0, 0.05) is 6.54 Å². The number of hydrogen-bond acceptors (Lipinski definition) is 4. The third kappa shape index (κ3) is 3.47. The van der Waals surface area contributed by atoms with E-state index >= 15 is 0 Å². The van der Waals surface area contributed by atoms with Crippen molar-refractivity contribution >= 4 is 5.97 Å². The predicted molar refractivity (Wildman–Crippen MR) is 68.9 cm³/mol. The minimum Gasteiger partial charge on any atom is -0.489 e. The molecule has 1 aliphatic heterocycles. The molecule has 0 aliphatic carbocycles. The molecular formula is C14H19NO3. The van der Waals surface area contributed by atoms with Gasteiger partial charge in [-0.1, -0.05) is 6.07 Å². The van der Waals surface area contributed by atoms with Crippen LogP contribution < -0.4 is 10.1 Å². The second kappa shape index (κ2) is 6.40. The van der Waals surface area contributed by atoms with Crippen LogP contribution in [0.5, 0.6) is 5.75 Å². The summed E-state index contributed by atoms with van der Waals surface area (Å²) in [6, 6.07) is 7.17. The van der Waals surface area contributed by atoms with Crippen LogP contribution in [-0.4, -0.2) is 31.8 Å². The molecule has 1 aromatic rings. The lowest BCUT2D eigenvalue weighted by Gasteiger charge is -2.24. The van der Waals surface area contributed by atoms with E-state index in [4.69, 9.17) is 9.47 Å². The fourth-order valence-electron chi connectivity index (χ4n) is 2.02. The van der Waals surface area contributed by atoms with Crippen LogP contribution in [0.4, 0.5) is 0 Å². The van der Waals surface area contributed by atoms with Gasteiger partial charge in [-0.05, 0) is 44.5 Å². The Labute approximate surface area is 107 Å². The lowest BCUT2D eigenvalue weighted by atomic mass is 10.1. The zero-order valence-corrected chi connectivity index (χ0v) is 10.6. The highest BCUT2D eigenvalue weighted by molar-refractivity contribution is 5.89. The summed E-state index contributed by atoms with van der Waals surface area (Å²) in [5, 5.41) is 3.30. The lowest BCUT2D eigenvalue weighted by Crippen LogP contribution is -2.37. The van der Waals surface area contributed by atoms with Gasteiger partial charge in [0.1, 0.15) is 11.9 Å². The van der Waals surface area contributed by atoms with E-state index in [1.165, 1.54) is 0 Å². The van der Waals surface area contributed by atoms with Crippen LogP contribution in [0.15, 0.2) is 24.3 Å². The van der Waals surface area contributed by atoms with Gasteiger partial charge in [0.25, 0.3) is 0 Å². The monoisotopic (exact) mass is 249 g/mol. The Balaban J connectivity index is 2.00. The first kappa shape index (κ1) is 12.9. The number of piperidine rings is 1. The molecule has 1 atom stereocenters. The standard InChI is InChI=1S/C14H19NO3/c1-2-17-14(16)11-5-3-6-12(9-11)18-13-7-4-8-15-10-13/h3,5-6,9,13,15H,2,4,7-8,10H2,1H3/t13-/m1/s1. The van der Waals surface area contributed by atoms with Gasteiger partial charge in [-0.2, -0.15) is 0 Å². The number of hydrogen-bond donors (Lipinski definition) is 1. The number of esters is 1. The second-order valence-corrected chi connectivity index (χ2v) is 4.33. The van der Waals surface area contributed by atoms with Crippen molar-refractivity contribution in [3.63, 3.8) is 0 Å². The molecule has 1 aromatic carbocycles. The molecule has 1 aliphatic rings. The molecule has 0 unspecified atom stereocenters. The second-order valence-electron chi connectivity index (χ2n) is 4.33. The van der Waals surface area contributed by atoms with Gasteiger partial charge in [-0.15, -0.1) is 0 Å². The van der Waals surface area contributed by atoms with Crippen LogP contribution >= 0.6 is 0 Å². The number of benzene rings is 1. The summed E-state index contributed by atoms with van der Waals surface area (Å²) in [7, 11) is 0. The van der Waals surface area contributed by atoms with Gasteiger partial charge in [-0.25, -0.2) is 4.79 Å². The molecule has 0 spiro atoms. The SMILES string of the molecule is CCOC(=O)c1cccc(O[C@@H]2CCCNC2)c1. The van der Waals surface area contributed by atoms with Crippen LogP contribution in [0.3, 0.4) is 0 Å². The Morgan fingerprint density at radius 3 is 3.11 bits per heavy atom. The summed E-state index contributed by atoms with van der Waals surface area (Å²) >= 11 is 0.